The van der Waals surface area contributed by atoms with Gasteiger partial charge in [0.2, 0.25) is 5.91 Å². The van der Waals surface area contributed by atoms with Crippen LogP contribution in [0.3, 0.4) is 0 Å². The maximum absolute atomic E-state index is 12.9. The molecule has 6 nitrogen and oxygen atoms in total. The maximum Gasteiger partial charge on any atom is 0.416 e. The van der Waals surface area contributed by atoms with E-state index < -0.39 is 11.7 Å². The highest BCUT2D eigenvalue weighted by Gasteiger charge is 2.32. The number of rotatable bonds is 5. The average Bonchev–Trinajstić information content (AvgIpc) is 3.14. The van der Waals surface area contributed by atoms with Gasteiger partial charge in [0.05, 0.1) is 16.3 Å². The van der Waals surface area contributed by atoms with E-state index in [9.17, 15) is 22.8 Å². The van der Waals surface area contributed by atoms with Crippen molar-refractivity contribution in [2.24, 2.45) is 5.92 Å². The van der Waals surface area contributed by atoms with E-state index in [1.165, 1.54) is 12.1 Å². The number of hydrogen-bond donors (Lipinski definition) is 2. The lowest BCUT2D eigenvalue weighted by Gasteiger charge is -2.21. The highest BCUT2D eigenvalue weighted by Crippen LogP contribution is 2.36. The number of aryl methyl sites for hydroxylation is 1. The highest BCUT2D eigenvalue weighted by atomic mass is 35.5. The molecule has 1 aromatic heterocycles. The fourth-order valence-electron chi connectivity index (χ4n) is 3.44. The van der Waals surface area contributed by atoms with Gasteiger partial charge in [-0.25, -0.2) is 4.98 Å². The Kier molecular flexibility index (Phi) is 6.97. The maximum atomic E-state index is 12.9. The number of nitrogens with one attached hydrogen (secondary N) is 2. The number of halogens is 4. The molecule has 1 aliphatic rings. The SMILES string of the molecule is Cc1cc(C(=O)NC2CCN(c3ccc(C(F)(F)F)cc3Cl)C2)cc(NC(=O)C(C)C)n1. The largest absolute Gasteiger partial charge is 0.416 e. The zero-order chi connectivity index (χ0) is 23.6. The fourth-order valence-corrected chi connectivity index (χ4v) is 3.74. The van der Waals surface area contributed by atoms with E-state index in [0.29, 0.717) is 42.3 Å². The standard InChI is InChI=1S/C22H24ClF3N4O2/c1-12(2)20(31)29-19-9-14(8-13(3)27-19)21(32)28-16-6-7-30(11-16)18-5-4-15(10-17(18)23)22(24,25)26/h4-5,8-10,12,16H,6-7,11H2,1-3H3,(H,28,32)(H,27,29,31). The third-order valence-corrected chi connectivity index (χ3v) is 5.43. The van der Waals surface area contributed by atoms with Gasteiger partial charge in [-0.2, -0.15) is 13.2 Å². The summed E-state index contributed by atoms with van der Waals surface area (Å²) < 4.78 is 38.6. The van der Waals surface area contributed by atoms with Crippen molar-refractivity contribution < 1.29 is 22.8 Å². The Morgan fingerprint density at radius 1 is 1.22 bits per heavy atom. The summed E-state index contributed by atoms with van der Waals surface area (Å²) in [7, 11) is 0. The number of hydrogen-bond acceptors (Lipinski definition) is 4. The smallest absolute Gasteiger partial charge is 0.368 e. The molecule has 2 heterocycles. The van der Waals surface area contributed by atoms with Crippen LogP contribution in [0.25, 0.3) is 0 Å². The number of aromatic nitrogens is 1. The van der Waals surface area contributed by atoms with Crippen LogP contribution in [-0.2, 0) is 11.0 Å². The molecule has 32 heavy (non-hydrogen) atoms. The Morgan fingerprint density at radius 3 is 2.56 bits per heavy atom. The minimum absolute atomic E-state index is 0.0158. The molecule has 1 aliphatic heterocycles. The van der Waals surface area contributed by atoms with E-state index in [0.717, 1.165) is 12.1 Å². The van der Waals surface area contributed by atoms with E-state index in [4.69, 9.17) is 11.6 Å². The van der Waals surface area contributed by atoms with Crippen molar-refractivity contribution in [1.82, 2.24) is 10.3 Å². The van der Waals surface area contributed by atoms with Gasteiger partial charge in [-0.1, -0.05) is 25.4 Å². The monoisotopic (exact) mass is 468 g/mol. The Bertz CT molecular complexity index is 1030. The van der Waals surface area contributed by atoms with Crippen molar-refractivity contribution in [2.45, 2.75) is 39.4 Å². The predicted octanol–water partition coefficient (Wildman–Crippen LogP) is 4.67. The summed E-state index contributed by atoms with van der Waals surface area (Å²) in [6.45, 7) is 6.20. The number of alkyl halides is 3. The second-order valence-corrected chi connectivity index (χ2v) is 8.50. The second kappa shape index (κ2) is 9.36. The molecular weight excluding hydrogens is 445 g/mol. The van der Waals surface area contributed by atoms with Gasteiger partial charge in [0.15, 0.2) is 0 Å². The van der Waals surface area contributed by atoms with Gasteiger partial charge in [-0.15, -0.1) is 0 Å². The molecule has 2 amide bonds. The predicted molar refractivity (Wildman–Crippen MR) is 117 cm³/mol. The van der Waals surface area contributed by atoms with Crippen LogP contribution in [-0.4, -0.2) is 35.9 Å². The Hall–Kier alpha value is -2.81. The van der Waals surface area contributed by atoms with Crippen LogP contribution in [0, 0.1) is 12.8 Å². The number of amides is 2. The number of anilines is 2. The van der Waals surface area contributed by atoms with Crippen LogP contribution in [0.15, 0.2) is 30.3 Å². The number of benzene rings is 1. The van der Waals surface area contributed by atoms with Crippen molar-refractivity contribution >= 4 is 34.9 Å². The van der Waals surface area contributed by atoms with Gasteiger partial charge >= 0.3 is 6.18 Å². The third kappa shape index (κ3) is 5.70. The molecule has 0 radical (unpaired) electrons. The number of pyridine rings is 1. The summed E-state index contributed by atoms with van der Waals surface area (Å²) in [6.07, 6.45) is -3.84. The van der Waals surface area contributed by atoms with Crippen LogP contribution < -0.4 is 15.5 Å². The third-order valence-electron chi connectivity index (χ3n) is 5.13. The van der Waals surface area contributed by atoms with Crippen LogP contribution >= 0.6 is 11.6 Å². The number of carbonyl (C=O) groups is 2. The summed E-state index contributed by atoms with van der Waals surface area (Å²) in [5.74, 6) is -0.440. The lowest BCUT2D eigenvalue weighted by atomic mass is 10.1. The van der Waals surface area contributed by atoms with Crippen molar-refractivity contribution in [3.05, 3.63) is 52.2 Å². The molecule has 10 heteroatoms. The molecule has 2 aromatic rings. The van der Waals surface area contributed by atoms with E-state index >= 15 is 0 Å². The van der Waals surface area contributed by atoms with Gasteiger partial charge < -0.3 is 15.5 Å². The van der Waals surface area contributed by atoms with E-state index in [-0.39, 0.29) is 28.8 Å². The fraction of sp³-hybridized carbons (Fsp3) is 0.409. The Morgan fingerprint density at radius 2 is 1.94 bits per heavy atom. The lowest BCUT2D eigenvalue weighted by Crippen LogP contribution is -2.37. The van der Waals surface area contributed by atoms with Crippen LogP contribution in [0.4, 0.5) is 24.7 Å². The number of carbonyl (C=O) groups excluding carboxylic acids is 2. The van der Waals surface area contributed by atoms with Gasteiger partial charge in [-0.3, -0.25) is 9.59 Å². The molecule has 0 spiro atoms. The normalized spacial score (nSPS) is 16.4. The first-order valence-corrected chi connectivity index (χ1v) is 10.5. The van der Waals surface area contributed by atoms with Gasteiger partial charge in [0, 0.05) is 36.3 Å². The zero-order valence-corrected chi connectivity index (χ0v) is 18.6. The molecule has 1 saturated heterocycles. The summed E-state index contributed by atoms with van der Waals surface area (Å²) in [6, 6.07) is 6.20. The molecule has 0 aliphatic carbocycles. The van der Waals surface area contributed by atoms with Crippen molar-refractivity contribution in [3.63, 3.8) is 0 Å². The quantitative estimate of drug-likeness (QED) is 0.669. The molecule has 0 saturated carbocycles. The van der Waals surface area contributed by atoms with E-state index in [1.54, 1.807) is 26.8 Å². The van der Waals surface area contributed by atoms with Crippen molar-refractivity contribution in [1.29, 1.82) is 0 Å². The average molecular weight is 469 g/mol. The Balaban J connectivity index is 1.66. The first kappa shape index (κ1) is 23.8. The molecular formula is C22H24ClF3N4O2. The number of nitrogens with zero attached hydrogens (tertiary/aromatic N) is 2. The molecule has 1 atom stereocenters. The minimum Gasteiger partial charge on any atom is -0.368 e. The molecule has 1 aromatic carbocycles. The molecule has 0 bridgehead atoms. The molecule has 1 fully saturated rings. The first-order valence-electron chi connectivity index (χ1n) is 10.2. The molecule has 172 valence electrons. The second-order valence-electron chi connectivity index (χ2n) is 8.10. The Labute approximate surface area is 189 Å². The summed E-state index contributed by atoms with van der Waals surface area (Å²) in [5, 5.41) is 5.64. The van der Waals surface area contributed by atoms with Crippen LogP contribution in [0.2, 0.25) is 5.02 Å². The highest BCUT2D eigenvalue weighted by molar-refractivity contribution is 6.33. The molecule has 1 unspecified atom stereocenters. The topological polar surface area (TPSA) is 74.3 Å². The first-order chi connectivity index (χ1) is 14.9. The van der Waals surface area contributed by atoms with Gasteiger partial charge in [-0.05, 0) is 43.7 Å². The van der Waals surface area contributed by atoms with Crippen molar-refractivity contribution in [2.75, 3.05) is 23.3 Å². The zero-order valence-electron chi connectivity index (χ0n) is 17.9. The molecule has 3 rings (SSSR count). The van der Waals surface area contributed by atoms with E-state index in [2.05, 4.69) is 15.6 Å². The van der Waals surface area contributed by atoms with Crippen molar-refractivity contribution in [3.8, 4) is 0 Å². The van der Waals surface area contributed by atoms with Crippen LogP contribution in [0.1, 0.15) is 41.9 Å². The van der Waals surface area contributed by atoms with Crippen LogP contribution in [0.5, 0.6) is 0 Å². The van der Waals surface area contributed by atoms with Gasteiger partial charge in [0.25, 0.3) is 5.91 Å². The lowest BCUT2D eigenvalue weighted by molar-refractivity contribution is -0.137. The van der Waals surface area contributed by atoms with Gasteiger partial charge in [0.1, 0.15) is 5.82 Å². The summed E-state index contributed by atoms with van der Waals surface area (Å²) in [4.78, 5) is 30.8. The van der Waals surface area contributed by atoms with E-state index in [1.807, 2.05) is 4.90 Å². The minimum atomic E-state index is -4.46. The summed E-state index contributed by atoms with van der Waals surface area (Å²) in [5.41, 5.74) is 0.641. The molecule has 2 N–H and O–H groups in total. The summed E-state index contributed by atoms with van der Waals surface area (Å²) >= 11 is 6.09.